The lowest BCUT2D eigenvalue weighted by Gasteiger charge is -2.23. The Hall–Kier alpha value is -1.56. The van der Waals surface area contributed by atoms with Crippen molar-refractivity contribution in [3.8, 4) is 0 Å². The fourth-order valence-corrected chi connectivity index (χ4v) is 2.03. The highest BCUT2D eigenvalue weighted by molar-refractivity contribution is 5.94. The van der Waals surface area contributed by atoms with E-state index in [-0.39, 0.29) is 19.1 Å². The van der Waals surface area contributed by atoms with Crippen LogP contribution in [0.25, 0.3) is 0 Å². The van der Waals surface area contributed by atoms with E-state index in [2.05, 4.69) is 4.98 Å². The summed E-state index contributed by atoms with van der Waals surface area (Å²) in [6.07, 6.45) is 1.45. The van der Waals surface area contributed by atoms with E-state index in [4.69, 9.17) is 4.74 Å². The van der Waals surface area contributed by atoms with Crippen molar-refractivity contribution in [2.45, 2.75) is 25.7 Å². The van der Waals surface area contributed by atoms with Crippen molar-refractivity contribution in [1.82, 2.24) is 9.88 Å². The van der Waals surface area contributed by atoms with Crippen LogP contribution in [-0.4, -0.2) is 48.0 Å². The Labute approximate surface area is 116 Å². The van der Waals surface area contributed by atoms with E-state index >= 15 is 0 Å². The van der Waals surface area contributed by atoms with Crippen LogP contribution in [0.2, 0.25) is 0 Å². The second-order valence-corrected chi connectivity index (χ2v) is 5.26. The molecule has 0 N–H and O–H groups in total. The van der Waals surface area contributed by atoms with Crippen LogP contribution in [0.5, 0.6) is 0 Å². The largest absolute Gasteiger partial charge is 0.373 e. The number of hydrogen-bond acceptors (Lipinski definition) is 3. The molecular weight excluding hydrogens is 266 g/mol. The van der Waals surface area contributed by atoms with Crippen LogP contribution in [0.3, 0.4) is 0 Å². The predicted molar refractivity (Wildman–Crippen MR) is 70.0 cm³/mol. The molecule has 1 aliphatic rings. The number of halogens is 2. The summed E-state index contributed by atoms with van der Waals surface area (Å²) in [5.41, 5.74) is 1.19. The number of nitrogens with zero attached hydrogens (tertiary/aromatic N) is 2. The van der Waals surface area contributed by atoms with Crippen LogP contribution in [0.1, 0.15) is 35.8 Å². The van der Waals surface area contributed by atoms with E-state index in [9.17, 15) is 13.6 Å². The van der Waals surface area contributed by atoms with Crippen LogP contribution >= 0.6 is 0 Å². The summed E-state index contributed by atoms with van der Waals surface area (Å²) >= 11 is 0. The average Bonchev–Trinajstić information content (AvgIpc) is 2.59. The number of aromatic nitrogens is 1. The molecule has 6 heteroatoms. The standard InChI is InChI=1S/C14H18F2N2O2/c1-10(2)12-4-3-11(7-17-12)13(19)18-5-6-20-9-14(15,16)8-18/h3-4,7,10H,5-6,8-9H2,1-2H3. The lowest BCUT2D eigenvalue weighted by Crippen LogP contribution is -2.41. The van der Waals surface area contributed by atoms with Crippen molar-refractivity contribution in [2.24, 2.45) is 0 Å². The van der Waals surface area contributed by atoms with Crippen LogP contribution in [0.15, 0.2) is 18.3 Å². The molecule has 0 saturated carbocycles. The highest BCUT2D eigenvalue weighted by Gasteiger charge is 2.36. The molecule has 1 aromatic heterocycles. The van der Waals surface area contributed by atoms with Gasteiger partial charge < -0.3 is 9.64 Å². The first-order valence-corrected chi connectivity index (χ1v) is 6.60. The van der Waals surface area contributed by atoms with Gasteiger partial charge in [-0.25, -0.2) is 8.78 Å². The Kier molecular flexibility index (Phi) is 4.32. The van der Waals surface area contributed by atoms with Gasteiger partial charge in [0, 0.05) is 18.4 Å². The predicted octanol–water partition coefficient (Wildman–Crippen LogP) is 2.31. The second-order valence-electron chi connectivity index (χ2n) is 5.26. The number of alkyl halides is 2. The average molecular weight is 284 g/mol. The van der Waals surface area contributed by atoms with Crippen molar-refractivity contribution < 1.29 is 18.3 Å². The normalized spacial score (nSPS) is 18.9. The molecule has 1 aliphatic heterocycles. The zero-order chi connectivity index (χ0) is 14.8. The number of ether oxygens (including phenoxy) is 1. The van der Waals surface area contributed by atoms with Crippen molar-refractivity contribution in [3.05, 3.63) is 29.6 Å². The van der Waals surface area contributed by atoms with Crippen molar-refractivity contribution in [3.63, 3.8) is 0 Å². The van der Waals surface area contributed by atoms with Crippen LogP contribution in [0.4, 0.5) is 8.78 Å². The molecule has 2 rings (SSSR count). The number of carbonyl (C=O) groups excluding carboxylic acids is 1. The molecule has 4 nitrogen and oxygen atoms in total. The molecule has 2 heterocycles. The Morgan fingerprint density at radius 3 is 2.80 bits per heavy atom. The van der Waals surface area contributed by atoms with E-state index in [0.29, 0.717) is 5.56 Å². The summed E-state index contributed by atoms with van der Waals surface area (Å²) in [5.74, 6) is -3.18. The minimum absolute atomic E-state index is 0.124. The van der Waals surface area contributed by atoms with E-state index in [1.807, 2.05) is 13.8 Å². The minimum Gasteiger partial charge on any atom is -0.373 e. The first kappa shape index (κ1) is 14.8. The van der Waals surface area contributed by atoms with Crippen molar-refractivity contribution >= 4 is 5.91 Å². The first-order chi connectivity index (χ1) is 9.39. The fraction of sp³-hybridized carbons (Fsp3) is 0.571. The van der Waals surface area contributed by atoms with Gasteiger partial charge in [0.05, 0.1) is 18.7 Å². The third-order valence-corrected chi connectivity index (χ3v) is 3.15. The molecule has 0 atom stereocenters. The maximum absolute atomic E-state index is 13.4. The molecule has 110 valence electrons. The molecule has 0 aromatic carbocycles. The summed E-state index contributed by atoms with van der Waals surface area (Å²) < 4.78 is 31.7. The van der Waals surface area contributed by atoms with Gasteiger partial charge in [0.15, 0.2) is 0 Å². The molecule has 0 radical (unpaired) electrons. The third kappa shape index (κ3) is 3.50. The first-order valence-electron chi connectivity index (χ1n) is 6.60. The maximum Gasteiger partial charge on any atom is 0.288 e. The smallest absolute Gasteiger partial charge is 0.288 e. The molecule has 0 spiro atoms. The number of hydrogen-bond donors (Lipinski definition) is 0. The molecule has 0 unspecified atom stereocenters. The van der Waals surface area contributed by atoms with E-state index in [0.717, 1.165) is 10.6 Å². The monoisotopic (exact) mass is 284 g/mol. The molecular formula is C14H18F2N2O2. The zero-order valence-corrected chi connectivity index (χ0v) is 11.6. The quantitative estimate of drug-likeness (QED) is 0.837. The third-order valence-electron chi connectivity index (χ3n) is 3.15. The Morgan fingerprint density at radius 2 is 2.20 bits per heavy atom. The summed E-state index contributed by atoms with van der Waals surface area (Å²) in [4.78, 5) is 17.5. The molecule has 1 fully saturated rings. The lowest BCUT2D eigenvalue weighted by molar-refractivity contribution is -0.0660. The Morgan fingerprint density at radius 1 is 1.45 bits per heavy atom. The topological polar surface area (TPSA) is 42.4 Å². The highest BCUT2D eigenvalue weighted by Crippen LogP contribution is 2.20. The second kappa shape index (κ2) is 5.83. The minimum atomic E-state index is -3.00. The molecule has 0 bridgehead atoms. The van der Waals surface area contributed by atoms with E-state index < -0.39 is 25.0 Å². The molecule has 1 saturated heterocycles. The molecule has 1 amide bonds. The lowest BCUT2D eigenvalue weighted by atomic mass is 10.1. The van der Waals surface area contributed by atoms with Crippen molar-refractivity contribution in [1.29, 1.82) is 0 Å². The fourth-order valence-electron chi connectivity index (χ4n) is 2.03. The summed E-state index contributed by atoms with van der Waals surface area (Å²) in [7, 11) is 0. The van der Waals surface area contributed by atoms with Crippen LogP contribution < -0.4 is 0 Å². The van der Waals surface area contributed by atoms with Crippen LogP contribution in [-0.2, 0) is 4.74 Å². The van der Waals surface area contributed by atoms with Gasteiger partial charge in [-0.05, 0) is 18.1 Å². The number of carbonyl (C=O) groups is 1. The summed E-state index contributed by atoms with van der Waals surface area (Å²) in [6, 6.07) is 3.39. The zero-order valence-electron chi connectivity index (χ0n) is 11.6. The summed E-state index contributed by atoms with van der Waals surface area (Å²) in [5, 5.41) is 0. The highest BCUT2D eigenvalue weighted by atomic mass is 19.3. The number of amides is 1. The van der Waals surface area contributed by atoms with E-state index in [1.54, 1.807) is 12.1 Å². The van der Waals surface area contributed by atoms with Gasteiger partial charge in [0.1, 0.15) is 6.61 Å². The maximum atomic E-state index is 13.4. The van der Waals surface area contributed by atoms with Gasteiger partial charge >= 0.3 is 0 Å². The SMILES string of the molecule is CC(C)c1ccc(C(=O)N2CCOCC(F)(F)C2)cn1. The number of rotatable bonds is 2. The number of pyridine rings is 1. The van der Waals surface area contributed by atoms with Gasteiger partial charge in [-0.3, -0.25) is 9.78 Å². The van der Waals surface area contributed by atoms with Crippen LogP contribution in [0, 0.1) is 0 Å². The van der Waals surface area contributed by atoms with Gasteiger partial charge in [0.2, 0.25) is 0 Å². The van der Waals surface area contributed by atoms with Gasteiger partial charge in [-0.1, -0.05) is 13.8 Å². The van der Waals surface area contributed by atoms with Gasteiger partial charge in [-0.2, -0.15) is 0 Å². The Bertz CT molecular complexity index is 475. The molecule has 1 aromatic rings. The van der Waals surface area contributed by atoms with E-state index in [1.165, 1.54) is 6.20 Å². The van der Waals surface area contributed by atoms with Gasteiger partial charge in [-0.15, -0.1) is 0 Å². The van der Waals surface area contributed by atoms with Gasteiger partial charge in [0.25, 0.3) is 11.8 Å². The Balaban J connectivity index is 2.13. The van der Waals surface area contributed by atoms with Crippen molar-refractivity contribution in [2.75, 3.05) is 26.3 Å². The molecule has 20 heavy (non-hydrogen) atoms. The summed E-state index contributed by atoms with van der Waals surface area (Å²) in [6.45, 7) is 3.03. The molecule has 0 aliphatic carbocycles.